The van der Waals surface area contributed by atoms with E-state index >= 15 is 0 Å². The molecule has 8 nitrogen and oxygen atoms in total. The number of ether oxygens (including phenoxy) is 1. The first-order valence-electron chi connectivity index (χ1n) is 19.6. The van der Waals surface area contributed by atoms with E-state index in [1.54, 1.807) is 34.8 Å². The van der Waals surface area contributed by atoms with Crippen LogP contribution in [0.5, 0.6) is 0 Å². The Morgan fingerprint density at radius 2 is 1.05 bits per heavy atom. The van der Waals surface area contributed by atoms with Gasteiger partial charge in [-0.3, -0.25) is 9.59 Å². The number of hydrogen-bond donors (Lipinski definition) is 4. The van der Waals surface area contributed by atoms with Crippen LogP contribution in [-0.4, -0.2) is 41.1 Å². The summed E-state index contributed by atoms with van der Waals surface area (Å²) in [6, 6.07) is 47.9. The van der Waals surface area contributed by atoms with E-state index in [1.807, 2.05) is 85.8 Å². The van der Waals surface area contributed by atoms with E-state index in [0.717, 1.165) is 61.9 Å². The Morgan fingerprint density at radius 1 is 0.583 bits per heavy atom. The molecule has 0 aliphatic rings. The fourth-order valence-electron chi connectivity index (χ4n) is 7.07. The van der Waals surface area contributed by atoms with Crippen LogP contribution in [0.2, 0.25) is 0 Å². The number of nitrogens with one attached hydrogen (secondary N) is 1. The number of fused-ring (bicyclic) bond motifs is 2. The number of hydrogen-bond acceptors (Lipinski definition) is 8. The van der Waals surface area contributed by atoms with Gasteiger partial charge in [0.25, 0.3) is 5.91 Å². The molecule has 0 aliphatic heterocycles. The van der Waals surface area contributed by atoms with Crippen molar-refractivity contribution in [3.8, 4) is 22.3 Å². The predicted octanol–water partition coefficient (Wildman–Crippen LogP) is 9.69. The minimum absolute atomic E-state index is 0.0355. The highest BCUT2D eigenvalue weighted by Gasteiger charge is 2.14. The molecule has 0 atom stereocenters. The van der Waals surface area contributed by atoms with Crippen molar-refractivity contribution in [3.63, 3.8) is 0 Å². The molecule has 60 heavy (non-hydrogen) atoms. The number of esters is 1. The van der Waals surface area contributed by atoms with Gasteiger partial charge in [0.2, 0.25) is 5.91 Å². The van der Waals surface area contributed by atoms with Crippen molar-refractivity contribution in [1.82, 2.24) is 5.32 Å². The molecule has 0 saturated carbocycles. The smallest absolute Gasteiger partial charge is 0.338 e. The number of aliphatic hydroxyl groups is 2. The van der Waals surface area contributed by atoms with Gasteiger partial charge in [-0.2, -0.15) is 0 Å². The fraction of sp³-hybridized carbons (Fsp3) is 0.140. The highest BCUT2D eigenvalue weighted by atomic mass is 32.1. The third-order valence-electron chi connectivity index (χ3n) is 9.84. The average molecular weight is 833 g/mol. The van der Waals surface area contributed by atoms with Crippen LogP contribution in [0.25, 0.3) is 42.4 Å². The van der Waals surface area contributed by atoms with Crippen LogP contribution in [0.1, 0.15) is 59.6 Å². The van der Waals surface area contributed by atoms with Gasteiger partial charge in [0.15, 0.2) is 0 Å². The topological polar surface area (TPSA) is 139 Å². The molecule has 0 unspecified atom stereocenters. The summed E-state index contributed by atoms with van der Waals surface area (Å²) in [5, 5.41) is 23.6. The van der Waals surface area contributed by atoms with Crippen LogP contribution >= 0.6 is 22.7 Å². The van der Waals surface area contributed by atoms with Gasteiger partial charge < -0.3 is 26.0 Å². The maximum atomic E-state index is 12.3. The second-order valence-corrected chi connectivity index (χ2v) is 16.5. The van der Waals surface area contributed by atoms with Crippen molar-refractivity contribution in [2.24, 2.45) is 5.73 Å². The number of rotatable bonds is 13. The largest absolute Gasteiger partial charge is 0.462 e. The summed E-state index contributed by atoms with van der Waals surface area (Å²) in [5.41, 5.74) is 14.5. The summed E-state index contributed by atoms with van der Waals surface area (Å²) in [4.78, 5) is 37.9. The molecule has 0 fully saturated rings. The number of aliphatic hydroxyl groups excluding tert-OH is 2. The molecule has 6 aromatic carbocycles. The molecule has 0 radical (unpaired) electrons. The Balaban J connectivity index is 0.000000182. The maximum absolute atomic E-state index is 12.3. The third-order valence-corrected chi connectivity index (χ3v) is 12.2. The molecule has 2 heterocycles. The maximum Gasteiger partial charge on any atom is 0.338 e. The summed E-state index contributed by atoms with van der Waals surface area (Å²) >= 11 is 3.50. The van der Waals surface area contributed by atoms with Gasteiger partial charge in [0, 0.05) is 37.6 Å². The lowest BCUT2D eigenvalue weighted by Crippen LogP contribution is -2.33. The quantitative estimate of drug-likeness (QED) is 0.0854. The zero-order valence-electron chi connectivity index (χ0n) is 33.0. The van der Waals surface area contributed by atoms with Gasteiger partial charge in [-0.25, -0.2) is 4.79 Å². The lowest BCUT2D eigenvalue weighted by molar-refractivity contribution is -0.117. The Bertz CT molecular complexity index is 2810. The molecule has 0 bridgehead atoms. The molecular formula is C50H44N2O6S2. The molecule has 10 heteroatoms. The number of nitrogens with two attached hydrogens (primary N) is 1. The Labute approximate surface area is 356 Å². The summed E-state index contributed by atoms with van der Waals surface area (Å²) in [5.74, 6) is -1.20. The molecule has 0 saturated heterocycles. The minimum atomic E-state index is -0.579. The first-order valence-corrected chi connectivity index (χ1v) is 21.2. The molecule has 8 aromatic rings. The highest BCUT2D eigenvalue weighted by molar-refractivity contribution is 7.20. The molecule has 0 aliphatic carbocycles. The van der Waals surface area contributed by atoms with Gasteiger partial charge >= 0.3 is 5.97 Å². The van der Waals surface area contributed by atoms with E-state index in [1.165, 1.54) is 25.4 Å². The standard InChI is InChI=1S/C25H22N2O3S.C25H22O3S/c26-23(29)14-27-25(30)20-8-2-6-18(12-20)22-9-3-7-19-13-21(31-24(19)22)11-16-4-1-5-17(10-16)15-28;1-2-28-25(27)21-10-4-8-19(14-21)23-11-5-9-20-15-22(29-24(20)23)13-17-6-3-7-18(12-17)16-26/h1-10,12-13,28H,11,14-15H2,(H2,26,29)(H,27,30);3-12,14-15,26H,2,13,16H2,1H3. The lowest BCUT2D eigenvalue weighted by atomic mass is 10.0. The monoisotopic (exact) mass is 832 g/mol. The first kappa shape index (κ1) is 41.7. The molecule has 5 N–H and O–H groups in total. The van der Waals surface area contributed by atoms with Crippen LogP contribution in [-0.2, 0) is 35.6 Å². The second kappa shape index (κ2) is 19.5. The number of amides is 2. The van der Waals surface area contributed by atoms with E-state index in [0.29, 0.717) is 17.7 Å². The SMILES string of the molecule is CCOC(=O)c1cccc(-c2cccc3cc(Cc4cccc(CO)c4)sc23)c1.NC(=O)CNC(=O)c1cccc(-c2cccc3cc(Cc4cccc(CO)c4)sc23)c1. The number of carbonyl (C=O) groups excluding carboxylic acids is 3. The normalized spacial score (nSPS) is 10.9. The summed E-state index contributed by atoms with van der Waals surface area (Å²) in [6.45, 7) is 2.08. The van der Waals surface area contributed by atoms with E-state index in [9.17, 15) is 24.6 Å². The number of benzene rings is 6. The van der Waals surface area contributed by atoms with Crippen LogP contribution in [0.4, 0.5) is 0 Å². The Morgan fingerprint density at radius 3 is 1.55 bits per heavy atom. The van der Waals surface area contributed by atoms with Crippen LogP contribution < -0.4 is 11.1 Å². The molecular weight excluding hydrogens is 789 g/mol. The van der Waals surface area contributed by atoms with Gasteiger partial charge in [-0.15, -0.1) is 22.7 Å². The number of carbonyl (C=O) groups is 3. The van der Waals surface area contributed by atoms with E-state index < -0.39 is 5.91 Å². The number of primary amides is 1. The van der Waals surface area contributed by atoms with Crippen molar-refractivity contribution >= 4 is 60.6 Å². The lowest BCUT2D eigenvalue weighted by Gasteiger charge is -2.07. The third kappa shape index (κ3) is 10.2. The fourth-order valence-corrected chi connectivity index (χ4v) is 9.52. The van der Waals surface area contributed by atoms with Crippen molar-refractivity contribution in [2.45, 2.75) is 33.0 Å². The van der Waals surface area contributed by atoms with Crippen molar-refractivity contribution in [3.05, 3.63) is 189 Å². The summed E-state index contributed by atoms with van der Waals surface area (Å²) in [7, 11) is 0. The molecule has 2 amide bonds. The molecule has 2 aromatic heterocycles. The summed E-state index contributed by atoms with van der Waals surface area (Å²) < 4.78 is 7.51. The van der Waals surface area contributed by atoms with Crippen molar-refractivity contribution in [2.75, 3.05) is 13.2 Å². The van der Waals surface area contributed by atoms with Crippen molar-refractivity contribution in [1.29, 1.82) is 0 Å². The van der Waals surface area contributed by atoms with Crippen molar-refractivity contribution < 1.29 is 29.3 Å². The van der Waals surface area contributed by atoms with Crippen LogP contribution in [0.15, 0.2) is 146 Å². The zero-order valence-corrected chi connectivity index (χ0v) is 34.7. The average Bonchev–Trinajstić information content (AvgIpc) is 3.89. The van der Waals surface area contributed by atoms with Gasteiger partial charge in [-0.1, -0.05) is 109 Å². The van der Waals surface area contributed by atoms with Crippen LogP contribution in [0.3, 0.4) is 0 Å². The van der Waals surface area contributed by atoms with Gasteiger partial charge in [0.05, 0.1) is 31.9 Å². The van der Waals surface area contributed by atoms with Gasteiger partial charge in [0.1, 0.15) is 0 Å². The Hall–Kier alpha value is -6.43. The number of thiophene rings is 2. The van der Waals surface area contributed by atoms with Crippen LogP contribution in [0, 0.1) is 0 Å². The van der Waals surface area contributed by atoms with E-state index in [-0.39, 0.29) is 31.6 Å². The zero-order chi connectivity index (χ0) is 42.0. The van der Waals surface area contributed by atoms with E-state index in [4.69, 9.17) is 10.5 Å². The summed E-state index contributed by atoms with van der Waals surface area (Å²) in [6.07, 6.45) is 1.62. The molecule has 302 valence electrons. The Kier molecular flexibility index (Phi) is 13.6. The highest BCUT2D eigenvalue weighted by Crippen LogP contribution is 2.38. The van der Waals surface area contributed by atoms with E-state index in [2.05, 4.69) is 59.9 Å². The molecule has 8 rings (SSSR count). The predicted molar refractivity (Wildman–Crippen MR) is 242 cm³/mol. The minimum Gasteiger partial charge on any atom is -0.462 e. The van der Waals surface area contributed by atoms with Gasteiger partial charge in [-0.05, 0) is 98.6 Å². The first-order chi connectivity index (χ1) is 29.2. The second-order valence-electron chi connectivity index (χ2n) is 14.2. The molecule has 0 spiro atoms.